The fourth-order valence-electron chi connectivity index (χ4n) is 1.34. The van der Waals surface area contributed by atoms with E-state index in [4.69, 9.17) is 11.6 Å². The van der Waals surface area contributed by atoms with E-state index in [9.17, 15) is 8.42 Å². The van der Waals surface area contributed by atoms with Gasteiger partial charge in [0.25, 0.3) is 10.0 Å². The largest absolute Gasteiger partial charge is 0.266 e. The van der Waals surface area contributed by atoms with Crippen LogP contribution < -0.4 is 4.31 Å². The van der Waals surface area contributed by atoms with Crippen molar-refractivity contribution in [3.63, 3.8) is 0 Å². The molecule has 0 aromatic carbocycles. The summed E-state index contributed by atoms with van der Waals surface area (Å²) in [6, 6.07) is 7.88. The van der Waals surface area contributed by atoms with Crippen molar-refractivity contribution in [2.75, 3.05) is 11.4 Å². The lowest BCUT2D eigenvalue weighted by Crippen LogP contribution is -2.27. The predicted molar refractivity (Wildman–Crippen MR) is 69.1 cm³/mol. The van der Waals surface area contributed by atoms with Gasteiger partial charge in [-0.2, -0.15) is 0 Å². The third-order valence-electron chi connectivity index (χ3n) is 2.33. The molecule has 2 heterocycles. The van der Waals surface area contributed by atoms with Crippen molar-refractivity contribution >= 4 is 27.4 Å². The van der Waals surface area contributed by atoms with Crippen LogP contribution in [-0.2, 0) is 10.0 Å². The maximum atomic E-state index is 12.2. The van der Waals surface area contributed by atoms with Crippen LogP contribution in [0, 0.1) is 0 Å². The van der Waals surface area contributed by atoms with Gasteiger partial charge in [0.05, 0.1) is 0 Å². The summed E-state index contributed by atoms with van der Waals surface area (Å²) in [4.78, 5) is 7.82. The van der Waals surface area contributed by atoms with E-state index in [1.165, 1.54) is 31.6 Å². The fourth-order valence-corrected chi connectivity index (χ4v) is 2.54. The van der Waals surface area contributed by atoms with Crippen molar-refractivity contribution < 1.29 is 8.42 Å². The average Bonchev–Trinajstić information content (AvgIpc) is 2.39. The summed E-state index contributed by atoms with van der Waals surface area (Å²) in [7, 11) is -2.22. The Morgan fingerprint density at radius 3 is 2.50 bits per heavy atom. The first-order chi connectivity index (χ1) is 8.51. The molecule has 2 aromatic rings. The van der Waals surface area contributed by atoms with Crippen LogP contribution in [0.3, 0.4) is 0 Å². The fraction of sp³-hybridized carbons (Fsp3) is 0.0909. The van der Waals surface area contributed by atoms with Crippen LogP contribution >= 0.6 is 11.6 Å². The summed E-state index contributed by atoms with van der Waals surface area (Å²) in [6.45, 7) is 0. The van der Waals surface area contributed by atoms with E-state index in [-0.39, 0.29) is 10.0 Å². The molecule has 0 aliphatic rings. The lowest BCUT2D eigenvalue weighted by Gasteiger charge is -2.17. The summed E-state index contributed by atoms with van der Waals surface area (Å²) in [6.07, 6.45) is 2.75. The van der Waals surface area contributed by atoms with Crippen molar-refractivity contribution in [2.45, 2.75) is 4.90 Å². The first-order valence-corrected chi connectivity index (χ1v) is 6.85. The number of hydrogen-bond acceptors (Lipinski definition) is 4. The minimum atomic E-state index is -3.66. The maximum Gasteiger partial charge on any atom is 0.266 e. The van der Waals surface area contributed by atoms with Crippen LogP contribution in [0.5, 0.6) is 0 Å². The molecule has 0 saturated carbocycles. The number of hydrogen-bond donors (Lipinski definition) is 0. The Bertz CT molecular complexity index is 629. The molecule has 0 fully saturated rings. The molecule has 2 rings (SSSR count). The Hall–Kier alpha value is -1.66. The molecule has 94 valence electrons. The molecular weight excluding hydrogens is 274 g/mol. The van der Waals surface area contributed by atoms with Crippen molar-refractivity contribution in [2.24, 2.45) is 0 Å². The van der Waals surface area contributed by atoms with Gasteiger partial charge in [0, 0.05) is 19.4 Å². The topological polar surface area (TPSA) is 63.2 Å². The van der Waals surface area contributed by atoms with Gasteiger partial charge in [-0.25, -0.2) is 18.4 Å². The Labute approximate surface area is 110 Å². The van der Waals surface area contributed by atoms with Gasteiger partial charge in [-0.3, -0.25) is 4.31 Å². The van der Waals surface area contributed by atoms with E-state index < -0.39 is 10.0 Å². The van der Waals surface area contributed by atoms with E-state index >= 15 is 0 Å². The molecule has 7 heteroatoms. The molecule has 0 aliphatic carbocycles. The highest BCUT2D eigenvalue weighted by molar-refractivity contribution is 7.92. The molecule has 0 amide bonds. The maximum absolute atomic E-state index is 12.2. The van der Waals surface area contributed by atoms with E-state index in [1.807, 2.05) is 0 Å². The standard InChI is InChI=1S/C11H10ClN3O2S/c1-15(11-4-2-3-7-13-11)18(16,17)9-5-6-10(12)14-8-9/h2-8H,1H3. The van der Waals surface area contributed by atoms with Gasteiger partial charge in [0.15, 0.2) is 0 Å². The molecule has 0 radical (unpaired) electrons. The first kappa shape index (κ1) is 12.8. The van der Waals surface area contributed by atoms with Crippen LogP contribution in [-0.4, -0.2) is 25.4 Å². The Morgan fingerprint density at radius 1 is 1.17 bits per heavy atom. The second-order valence-corrected chi connectivity index (χ2v) is 5.83. The van der Waals surface area contributed by atoms with E-state index in [0.717, 1.165) is 4.31 Å². The Kier molecular flexibility index (Phi) is 3.49. The number of anilines is 1. The third-order valence-corrected chi connectivity index (χ3v) is 4.30. The van der Waals surface area contributed by atoms with E-state index in [1.54, 1.807) is 18.2 Å². The van der Waals surface area contributed by atoms with Crippen molar-refractivity contribution in [1.29, 1.82) is 0 Å². The SMILES string of the molecule is CN(c1ccccn1)S(=O)(=O)c1ccc(Cl)nc1. The molecule has 0 unspecified atom stereocenters. The summed E-state index contributed by atoms with van der Waals surface area (Å²) in [5.74, 6) is 0.340. The quantitative estimate of drug-likeness (QED) is 0.808. The number of rotatable bonds is 3. The number of aromatic nitrogens is 2. The highest BCUT2D eigenvalue weighted by atomic mass is 35.5. The van der Waals surface area contributed by atoms with Gasteiger partial charge in [-0.1, -0.05) is 17.7 Å². The molecule has 0 atom stereocenters. The van der Waals surface area contributed by atoms with Crippen LogP contribution in [0.2, 0.25) is 5.15 Å². The number of pyridine rings is 2. The zero-order chi connectivity index (χ0) is 13.2. The predicted octanol–water partition coefficient (Wildman–Crippen LogP) is 1.96. The smallest absolute Gasteiger partial charge is 0.253 e. The highest BCUT2D eigenvalue weighted by Crippen LogP contribution is 2.19. The van der Waals surface area contributed by atoms with Crippen molar-refractivity contribution in [3.05, 3.63) is 47.9 Å². The zero-order valence-electron chi connectivity index (χ0n) is 9.49. The van der Waals surface area contributed by atoms with E-state index in [2.05, 4.69) is 9.97 Å². The van der Waals surface area contributed by atoms with Crippen LogP contribution in [0.25, 0.3) is 0 Å². The molecule has 5 nitrogen and oxygen atoms in total. The first-order valence-electron chi connectivity index (χ1n) is 5.03. The molecule has 0 N–H and O–H groups in total. The normalized spacial score (nSPS) is 11.2. The molecular formula is C11H10ClN3O2S. The average molecular weight is 284 g/mol. The summed E-state index contributed by atoms with van der Waals surface area (Å²) >= 11 is 5.63. The Morgan fingerprint density at radius 2 is 1.94 bits per heavy atom. The second-order valence-electron chi connectivity index (χ2n) is 3.48. The van der Waals surface area contributed by atoms with Crippen LogP contribution in [0.4, 0.5) is 5.82 Å². The lowest BCUT2D eigenvalue weighted by molar-refractivity contribution is 0.593. The molecule has 2 aromatic heterocycles. The van der Waals surface area contributed by atoms with Gasteiger partial charge < -0.3 is 0 Å². The number of sulfonamides is 1. The second kappa shape index (κ2) is 4.91. The van der Waals surface area contributed by atoms with Gasteiger partial charge >= 0.3 is 0 Å². The highest BCUT2D eigenvalue weighted by Gasteiger charge is 2.22. The van der Waals surface area contributed by atoms with Crippen molar-refractivity contribution in [3.8, 4) is 0 Å². The minimum Gasteiger partial charge on any atom is -0.253 e. The molecule has 18 heavy (non-hydrogen) atoms. The van der Waals surface area contributed by atoms with E-state index in [0.29, 0.717) is 5.82 Å². The zero-order valence-corrected chi connectivity index (χ0v) is 11.1. The minimum absolute atomic E-state index is 0.0695. The lowest BCUT2D eigenvalue weighted by atomic mass is 10.5. The summed E-state index contributed by atoms with van der Waals surface area (Å²) in [5, 5.41) is 0.245. The number of nitrogens with zero attached hydrogens (tertiary/aromatic N) is 3. The van der Waals surface area contributed by atoms with Gasteiger partial charge in [0.1, 0.15) is 15.9 Å². The van der Waals surface area contributed by atoms with Crippen molar-refractivity contribution in [1.82, 2.24) is 9.97 Å². The van der Waals surface area contributed by atoms with Gasteiger partial charge in [-0.05, 0) is 24.3 Å². The monoisotopic (exact) mass is 283 g/mol. The molecule has 0 bridgehead atoms. The molecule has 0 spiro atoms. The third kappa shape index (κ3) is 2.44. The number of halogens is 1. The van der Waals surface area contributed by atoms with Crippen LogP contribution in [0.1, 0.15) is 0 Å². The Balaban J connectivity index is 2.40. The van der Waals surface area contributed by atoms with Crippen LogP contribution in [0.15, 0.2) is 47.6 Å². The molecule has 0 saturated heterocycles. The van der Waals surface area contributed by atoms with Gasteiger partial charge in [-0.15, -0.1) is 0 Å². The van der Waals surface area contributed by atoms with Gasteiger partial charge in [0.2, 0.25) is 0 Å². The summed E-state index contributed by atoms with van der Waals surface area (Å²) < 4.78 is 25.6. The summed E-state index contributed by atoms with van der Waals surface area (Å²) in [5.41, 5.74) is 0. The molecule has 0 aliphatic heterocycles.